The summed E-state index contributed by atoms with van der Waals surface area (Å²) in [6.45, 7) is 0.737. The van der Waals surface area contributed by atoms with Gasteiger partial charge in [0.1, 0.15) is 29.4 Å². The molecule has 20 heavy (non-hydrogen) atoms. The smallest absolute Gasteiger partial charge is 0.173 e. The van der Waals surface area contributed by atoms with Gasteiger partial charge in [-0.05, 0) is 5.56 Å². The van der Waals surface area contributed by atoms with Crippen LogP contribution in [0, 0.1) is 0 Å². The number of aromatic hydroxyl groups is 1. The van der Waals surface area contributed by atoms with Gasteiger partial charge in [0.05, 0.1) is 6.61 Å². The summed E-state index contributed by atoms with van der Waals surface area (Å²) in [5.41, 5.74) is 1.28. The zero-order chi connectivity index (χ0) is 13.9. The summed E-state index contributed by atoms with van der Waals surface area (Å²) < 4.78 is 11.0. The Morgan fingerprint density at radius 2 is 2.00 bits per heavy atom. The second-order valence-electron chi connectivity index (χ2n) is 4.61. The van der Waals surface area contributed by atoms with Crippen molar-refractivity contribution in [1.29, 1.82) is 0 Å². The van der Waals surface area contributed by atoms with Crippen LogP contribution >= 0.6 is 0 Å². The summed E-state index contributed by atoms with van der Waals surface area (Å²) in [6, 6.07) is 12.8. The topological polar surface area (TPSA) is 55.8 Å². The molecule has 0 saturated heterocycles. The van der Waals surface area contributed by atoms with E-state index in [1.807, 2.05) is 30.3 Å². The number of benzene rings is 2. The number of phenols is 1. The lowest BCUT2D eigenvalue weighted by atomic mass is 10.0. The van der Waals surface area contributed by atoms with E-state index < -0.39 is 0 Å². The lowest BCUT2D eigenvalue weighted by molar-refractivity contribution is 0.0929. The van der Waals surface area contributed by atoms with E-state index >= 15 is 0 Å². The summed E-state index contributed by atoms with van der Waals surface area (Å²) >= 11 is 0. The summed E-state index contributed by atoms with van der Waals surface area (Å²) in [4.78, 5) is 11.7. The van der Waals surface area contributed by atoms with E-state index in [4.69, 9.17) is 9.47 Å². The van der Waals surface area contributed by atoms with Crippen molar-refractivity contribution in [3.63, 3.8) is 0 Å². The Kier molecular flexibility index (Phi) is 3.29. The number of Topliss-reactive ketones (excluding diaryl/α,β-unsaturated/α-hetero) is 1. The van der Waals surface area contributed by atoms with E-state index in [-0.39, 0.29) is 17.1 Å². The largest absolute Gasteiger partial charge is 0.507 e. The predicted octanol–water partition coefficient (Wildman–Crippen LogP) is 2.94. The van der Waals surface area contributed by atoms with Gasteiger partial charge in [-0.2, -0.15) is 0 Å². The van der Waals surface area contributed by atoms with Crippen LogP contribution in [0.25, 0.3) is 0 Å². The van der Waals surface area contributed by atoms with Crippen LogP contribution in [0.15, 0.2) is 42.5 Å². The third-order valence-corrected chi connectivity index (χ3v) is 3.17. The highest BCUT2D eigenvalue weighted by Gasteiger charge is 2.23. The highest BCUT2D eigenvalue weighted by Crippen LogP contribution is 2.36. The van der Waals surface area contributed by atoms with Crippen molar-refractivity contribution in [2.45, 2.75) is 13.0 Å². The molecule has 0 atom stereocenters. The fourth-order valence-electron chi connectivity index (χ4n) is 2.17. The van der Waals surface area contributed by atoms with Gasteiger partial charge in [-0.1, -0.05) is 30.3 Å². The van der Waals surface area contributed by atoms with E-state index in [0.717, 1.165) is 5.56 Å². The molecule has 0 radical (unpaired) electrons. The first-order valence-corrected chi connectivity index (χ1v) is 6.44. The third kappa shape index (κ3) is 2.45. The molecule has 1 heterocycles. The molecule has 0 amide bonds. The average molecular weight is 270 g/mol. The summed E-state index contributed by atoms with van der Waals surface area (Å²) in [5, 5.41) is 9.92. The average Bonchev–Trinajstić information content (AvgIpc) is 2.46. The number of ketones is 1. The molecule has 0 aliphatic carbocycles. The Morgan fingerprint density at radius 3 is 2.80 bits per heavy atom. The number of phenolic OH excluding ortho intramolecular Hbond substituents is 1. The maximum atomic E-state index is 11.7. The van der Waals surface area contributed by atoms with Gasteiger partial charge in [-0.25, -0.2) is 0 Å². The van der Waals surface area contributed by atoms with Crippen molar-refractivity contribution < 1.29 is 19.4 Å². The van der Waals surface area contributed by atoms with Crippen molar-refractivity contribution in [1.82, 2.24) is 0 Å². The van der Waals surface area contributed by atoms with Crippen LogP contribution in [0.3, 0.4) is 0 Å². The fourth-order valence-corrected chi connectivity index (χ4v) is 2.17. The van der Waals surface area contributed by atoms with Gasteiger partial charge in [0, 0.05) is 18.6 Å². The van der Waals surface area contributed by atoms with Crippen molar-refractivity contribution in [3.8, 4) is 17.2 Å². The van der Waals surface area contributed by atoms with E-state index in [2.05, 4.69) is 0 Å². The Hall–Kier alpha value is -2.49. The lowest BCUT2D eigenvalue weighted by Gasteiger charge is -2.18. The van der Waals surface area contributed by atoms with E-state index in [9.17, 15) is 9.90 Å². The Balaban J connectivity index is 1.81. The first-order valence-electron chi connectivity index (χ1n) is 6.44. The standard InChI is InChI=1S/C16H14O4/c17-13-6-7-19-15-9-12(8-14(18)16(13)15)20-10-11-4-2-1-3-5-11/h1-5,8-9,18H,6-7,10H2. The molecule has 102 valence electrons. The highest BCUT2D eigenvalue weighted by molar-refractivity contribution is 6.02. The molecule has 2 aromatic rings. The van der Waals surface area contributed by atoms with Crippen LogP contribution < -0.4 is 9.47 Å². The van der Waals surface area contributed by atoms with Crippen LogP contribution in [0.4, 0.5) is 0 Å². The lowest BCUT2D eigenvalue weighted by Crippen LogP contribution is -2.15. The molecule has 0 unspecified atom stereocenters. The molecule has 1 N–H and O–H groups in total. The minimum atomic E-state index is -0.0987. The Morgan fingerprint density at radius 1 is 1.20 bits per heavy atom. The number of hydrogen-bond donors (Lipinski definition) is 1. The van der Waals surface area contributed by atoms with Gasteiger partial charge in [-0.3, -0.25) is 4.79 Å². The molecular formula is C16H14O4. The normalized spacial score (nSPS) is 13.5. The van der Waals surface area contributed by atoms with Gasteiger partial charge < -0.3 is 14.6 Å². The first kappa shape index (κ1) is 12.5. The zero-order valence-corrected chi connectivity index (χ0v) is 10.8. The first-order chi connectivity index (χ1) is 9.74. The number of carbonyl (C=O) groups excluding carboxylic acids is 1. The summed E-state index contributed by atoms with van der Waals surface area (Å²) in [6.07, 6.45) is 0.296. The third-order valence-electron chi connectivity index (χ3n) is 3.17. The van der Waals surface area contributed by atoms with Crippen molar-refractivity contribution in [3.05, 3.63) is 53.6 Å². The molecule has 0 saturated carbocycles. The fraction of sp³-hybridized carbons (Fsp3) is 0.188. The van der Waals surface area contributed by atoms with Gasteiger partial charge in [0.2, 0.25) is 0 Å². The van der Waals surface area contributed by atoms with Gasteiger partial charge >= 0.3 is 0 Å². The van der Waals surface area contributed by atoms with Crippen molar-refractivity contribution in [2.75, 3.05) is 6.61 Å². The molecule has 1 aliphatic heterocycles. The number of fused-ring (bicyclic) bond motifs is 1. The van der Waals surface area contributed by atoms with Crippen LogP contribution in [0.2, 0.25) is 0 Å². The number of rotatable bonds is 3. The minimum absolute atomic E-state index is 0.0877. The Bertz CT molecular complexity index is 634. The van der Waals surface area contributed by atoms with Crippen LogP contribution in [0.5, 0.6) is 17.2 Å². The predicted molar refractivity (Wildman–Crippen MR) is 73.3 cm³/mol. The van der Waals surface area contributed by atoms with E-state index in [0.29, 0.717) is 31.1 Å². The second-order valence-corrected chi connectivity index (χ2v) is 4.61. The Labute approximate surface area is 116 Å². The molecule has 0 bridgehead atoms. The quantitative estimate of drug-likeness (QED) is 0.931. The molecule has 4 heteroatoms. The van der Waals surface area contributed by atoms with Crippen molar-refractivity contribution >= 4 is 5.78 Å². The monoisotopic (exact) mass is 270 g/mol. The molecule has 1 aliphatic rings. The molecule has 0 spiro atoms. The van der Waals surface area contributed by atoms with Gasteiger partial charge in [0.25, 0.3) is 0 Å². The maximum Gasteiger partial charge on any atom is 0.173 e. The molecule has 4 nitrogen and oxygen atoms in total. The molecule has 0 fully saturated rings. The van der Waals surface area contributed by atoms with E-state index in [1.54, 1.807) is 6.07 Å². The van der Waals surface area contributed by atoms with Gasteiger partial charge in [-0.15, -0.1) is 0 Å². The number of carbonyl (C=O) groups is 1. The molecule has 0 aromatic heterocycles. The van der Waals surface area contributed by atoms with Gasteiger partial charge in [0.15, 0.2) is 5.78 Å². The maximum absolute atomic E-state index is 11.7. The zero-order valence-electron chi connectivity index (χ0n) is 10.8. The minimum Gasteiger partial charge on any atom is -0.507 e. The highest BCUT2D eigenvalue weighted by atomic mass is 16.5. The molecular weight excluding hydrogens is 256 g/mol. The van der Waals surface area contributed by atoms with Crippen LogP contribution in [-0.2, 0) is 6.61 Å². The number of ether oxygens (including phenoxy) is 2. The summed E-state index contributed by atoms with van der Waals surface area (Å²) in [7, 11) is 0. The van der Waals surface area contributed by atoms with Crippen LogP contribution in [-0.4, -0.2) is 17.5 Å². The summed E-state index contributed by atoms with van der Waals surface area (Å²) in [5.74, 6) is 0.692. The van der Waals surface area contributed by atoms with Crippen molar-refractivity contribution in [2.24, 2.45) is 0 Å². The molecule has 2 aromatic carbocycles. The SMILES string of the molecule is O=C1CCOc2cc(OCc3ccccc3)cc(O)c21. The van der Waals surface area contributed by atoms with E-state index in [1.165, 1.54) is 6.07 Å². The molecule has 3 rings (SSSR count). The second kappa shape index (κ2) is 5.25. The van der Waals surface area contributed by atoms with Crippen LogP contribution in [0.1, 0.15) is 22.3 Å². The number of hydrogen-bond acceptors (Lipinski definition) is 4.